The van der Waals surface area contributed by atoms with E-state index in [4.69, 9.17) is 4.74 Å². The average Bonchev–Trinajstić information content (AvgIpc) is 2.35. The van der Waals surface area contributed by atoms with Crippen LogP contribution in [0.5, 0.6) is 5.75 Å². The summed E-state index contributed by atoms with van der Waals surface area (Å²) >= 11 is 0. The Morgan fingerprint density at radius 2 is 2.11 bits per heavy atom. The number of alkyl halides is 3. The van der Waals surface area contributed by atoms with Crippen LogP contribution in [0, 0.1) is 0 Å². The lowest BCUT2D eigenvalue weighted by Gasteiger charge is -2.13. The summed E-state index contributed by atoms with van der Waals surface area (Å²) in [5.41, 5.74) is -0.799. The van der Waals surface area contributed by atoms with Crippen molar-refractivity contribution in [2.24, 2.45) is 0 Å². The standard InChI is InChI=1S/C13H16F3NO2/c1-3-9(2)17-12(18)8-19-11-6-4-5-10(7-11)13(14,15)16/h4-7,9H,3,8H2,1-2H3,(H,17,18)/t9-/m1/s1. The van der Waals surface area contributed by atoms with Gasteiger partial charge in [0.25, 0.3) is 5.91 Å². The molecule has 0 heterocycles. The van der Waals surface area contributed by atoms with Gasteiger partial charge in [0.05, 0.1) is 5.56 Å². The SMILES string of the molecule is CC[C@@H](C)NC(=O)COc1cccc(C(F)(F)F)c1. The fourth-order valence-corrected chi connectivity index (χ4v) is 1.33. The number of halogens is 3. The molecule has 1 atom stereocenters. The number of ether oxygens (including phenoxy) is 1. The molecular formula is C13H16F3NO2. The van der Waals surface area contributed by atoms with E-state index in [0.717, 1.165) is 18.6 Å². The van der Waals surface area contributed by atoms with Gasteiger partial charge in [-0.15, -0.1) is 0 Å². The highest BCUT2D eigenvalue weighted by molar-refractivity contribution is 5.77. The first-order valence-electron chi connectivity index (χ1n) is 5.92. The predicted octanol–water partition coefficient (Wildman–Crippen LogP) is 3.00. The third-order valence-corrected chi connectivity index (χ3v) is 2.55. The van der Waals surface area contributed by atoms with Crippen LogP contribution in [0.2, 0.25) is 0 Å². The summed E-state index contributed by atoms with van der Waals surface area (Å²) in [7, 11) is 0. The molecule has 1 N–H and O–H groups in total. The minimum atomic E-state index is -4.42. The van der Waals surface area contributed by atoms with Crippen molar-refractivity contribution in [2.75, 3.05) is 6.61 Å². The van der Waals surface area contributed by atoms with Crippen LogP contribution in [-0.4, -0.2) is 18.6 Å². The van der Waals surface area contributed by atoms with Crippen molar-refractivity contribution in [2.45, 2.75) is 32.5 Å². The van der Waals surface area contributed by atoms with Crippen LogP contribution < -0.4 is 10.1 Å². The fourth-order valence-electron chi connectivity index (χ4n) is 1.33. The molecule has 0 spiro atoms. The molecule has 1 amide bonds. The Labute approximate surface area is 109 Å². The van der Waals surface area contributed by atoms with Crippen LogP contribution in [0.15, 0.2) is 24.3 Å². The van der Waals surface area contributed by atoms with Crippen LogP contribution in [0.3, 0.4) is 0 Å². The number of amides is 1. The van der Waals surface area contributed by atoms with E-state index in [0.29, 0.717) is 0 Å². The lowest BCUT2D eigenvalue weighted by molar-refractivity contribution is -0.137. The van der Waals surface area contributed by atoms with Gasteiger partial charge in [-0.25, -0.2) is 0 Å². The van der Waals surface area contributed by atoms with E-state index in [2.05, 4.69) is 5.32 Å². The molecule has 6 heteroatoms. The van der Waals surface area contributed by atoms with Crippen molar-refractivity contribution in [1.82, 2.24) is 5.32 Å². The molecule has 106 valence electrons. The van der Waals surface area contributed by atoms with E-state index >= 15 is 0 Å². The molecule has 19 heavy (non-hydrogen) atoms. The van der Waals surface area contributed by atoms with Crippen molar-refractivity contribution >= 4 is 5.91 Å². The molecule has 1 rings (SSSR count). The summed E-state index contributed by atoms with van der Waals surface area (Å²) in [4.78, 5) is 11.4. The Morgan fingerprint density at radius 1 is 1.42 bits per heavy atom. The van der Waals surface area contributed by atoms with Crippen molar-refractivity contribution in [3.63, 3.8) is 0 Å². The normalized spacial score (nSPS) is 12.9. The van der Waals surface area contributed by atoms with Gasteiger partial charge in [-0.3, -0.25) is 4.79 Å². The Kier molecular flexibility index (Phi) is 5.20. The van der Waals surface area contributed by atoms with E-state index in [9.17, 15) is 18.0 Å². The summed E-state index contributed by atoms with van der Waals surface area (Å²) in [6, 6.07) is 4.46. The summed E-state index contributed by atoms with van der Waals surface area (Å²) in [6.07, 6.45) is -3.65. The monoisotopic (exact) mass is 275 g/mol. The first kappa shape index (κ1) is 15.3. The molecule has 0 bridgehead atoms. The summed E-state index contributed by atoms with van der Waals surface area (Å²) in [5.74, 6) is -0.333. The van der Waals surface area contributed by atoms with Crippen LogP contribution >= 0.6 is 0 Å². The molecule has 0 saturated heterocycles. The molecule has 0 unspecified atom stereocenters. The van der Waals surface area contributed by atoms with E-state index in [1.807, 2.05) is 13.8 Å². The number of hydrogen-bond donors (Lipinski definition) is 1. The third kappa shape index (κ3) is 5.19. The second kappa shape index (κ2) is 6.45. The minimum Gasteiger partial charge on any atom is -0.484 e. The highest BCUT2D eigenvalue weighted by atomic mass is 19.4. The molecule has 0 radical (unpaired) electrons. The smallest absolute Gasteiger partial charge is 0.416 e. The quantitative estimate of drug-likeness (QED) is 0.897. The first-order valence-corrected chi connectivity index (χ1v) is 5.92. The van der Waals surface area contributed by atoms with Crippen molar-refractivity contribution in [3.05, 3.63) is 29.8 Å². The summed E-state index contributed by atoms with van der Waals surface area (Å²) in [5, 5.41) is 2.66. The molecule has 3 nitrogen and oxygen atoms in total. The summed E-state index contributed by atoms with van der Waals surface area (Å²) < 4.78 is 42.4. The maximum atomic E-state index is 12.4. The van der Waals surface area contributed by atoms with Gasteiger partial charge in [0.15, 0.2) is 6.61 Å². The van der Waals surface area contributed by atoms with E-state index < -0.39 is 11.7 Å². The second-order valence-corrected chi connectivity index (χ2v) is 4.19. The van der Waals surface area contributed by atoms with Crippen molar-refractivity contribution < 1.29 is 22.7 Å². The van der Waals surface area contributed by atoms with Gasteiger partial charge in [-0.05, 0) is 31.5 Å². The van der Waals surface area contributed by atoms with Gasteiger partial charge in [0.2, 0.25) is 0 Å². The predicted molar refractivity (Wildman–Crippen MR) is 64.8 cm³/mol. The van der Waals surface area contributed by atoms with Gasteiger partial charge in [-0.2, -0.15) is 13.2 Å². The van der Waals surface area contributed by atoms with Gasteiger partial charge >= 0.3 is 6.18 Å². The zero-order chi connectivity index (χ0) is 14.5. The van der Waals surface area contributed by atoms with Gasteiger partial charge < -0.3 is 10.1 Å². The molecule has 0 aliphatic carbocycles. The Bertz CT molecular complexity index is 432. The fraction of sp³-hybridized carbons (Fsp3) is 0.462. The Hall–Kier alpha value is -1.72. The number of hydrogen-bond acceptors (Lipinski definition) is 2. The van der Waals surface area contributed by atoms with Gasteiger partial charge in [0, 0.05) is 6.04 Å². The lowest BCUT2D eigenvalue weighted by atomic mass is 10.2. The van der Waals surface area contributed by atoms with Crippen molar-refractivity contribution in [3.8, 4) is 5.75 Å². The second-order valence-electron chi connectivity index (χ2n) is 4.19. The molecule has 0 aliphatic rings. The van der Waals surface area contributed by atoms with E-state index in [-0.39, 0.29) is 24.3 Å². The maximum Gasteiger partial charge on any atom is 0.416 e. The number of carbonyl (C=O) groups excluding carboxylic acids is 1. The number of rotatable bonds is 5. The maximum absolute atomic E-state index is 12.4. The zero-order valence-electron chi connectivity index (χ0n) is 10.8. The highest BCUT2D eigenvalue weighted by Gasteiger charge is 2.30. The lowest BCUT2D eigenvalue weighted by Crippen LogP contribution is -2.35. The molecule has 1 aromatic rings. The molecular weight excluding hydrogens is 259 g/mol. The first-order chi connectivity index (χ1) is 8.82. The largest absolute Gasteiger partial charge is 0.484 e. The van der Waals surface area contributed by atoms with Crippen LogP contribution in [-0.2, 0) is 11.0 Å². The minimum absolute atomic E-state index is 0.0117. The third-order valence-electron chi connectivity index (χ3n) is 2.55. The number of nitrogens with one attached hydrogen (secondary N) is 1. The number of carbonyl (C=O) groups is 1. The molecule has 0 aromatic heterocycles. The Morgan fingerprint density at radius 3 is 2.68 bits per heavy atom. The van der Waals surface area contributed by atoms with Gasteiger partial charge in [0.1, 0.15) is 5.75 Å². The van der Waals surface area contributed by atoms with E-state index in [1.54, 1.807) is 0 Å². The van der Waals surface area contributed by atoms with Crippen molar-refractivity contribution in [1.29, 1.82) is 0 Å². The highest BCUT2D eigenvalue weighted by Crippen LogP contribution is 2.31. The molecule has 0 saturated carbocycles. The topological polar surface area (TPSA) is 38.3 Å². The molecule has 0 fully saturated rings. The zero-order valence-corrected chi connectivity index (χ0v) is 10.8. The Balaban J connectivity index is 2.56. The van der Waals surface area contributed by atoms with Crippen LogP contribution in [0.4, 0.5) is 13.2 Å². The average molecular weight is 275 g/mol. The summed E-state index contributed by atoms with van der Waals surface area (Å²) in [6.45, 7) is 3.45. The van der Waals surface area contributed by atoms with Crippen LogP contribution in [0.1, 0.15) is 25.8 Å². The number of benzene rings is 1. The molecule has 1 aromatic carbocycles. The van der Waals surface area contributed by atoms with Crippen LogP contribution in [0.25, 0.3) is 0 Å². The van der Waals surface area contributed by atoms with E-state index in [1.165, 1.54) is 12.1 Å². The van der Waals surface area contributed by atoms with Gasteiger partial charge in [-0.1, -0.05) is 13.0 Å². The molecule has 0 aliphatic heterocycles.